The Hall–Kier alpha value is -1.55. The van der Waals surface area contributed by atoms with Crippen LogP contribution in [0.5, 0.6) is 5.75 Å². The maximum Gasteiger partial charge on any atom is 0.305 e. The minimum absolute atomic E-state index is 0.0629. The number of nitrogens with zero attached hydrogens (tertiary/aromatic N) is 1. The third kappa shape index (κ3) is 2.97. The van der Waals surface area contributed by atoms with Gasteiger partial charge in [0.1, 0.15) is 5.75 Å². The second-order valence-electron chi connectivity index (χ2n) is 3.82. The minimum Gasteiger partial charge on any atom is -0.496 e. The summed E-state index contributed by atoms with van der Waals surface area (Å²) in [5.74, 6) is -0.0907. The van der Waals surface area contributed by atoms with Gasteiger partial charge in [-0.05, 0) is 20.2 Å². The van der Waals surface area contributed by atoms with Crippen LogP contribution in [0.25, 0.3) is 0 Å². The number of hydrogen-bond acceptors (Lipinski definition) is 3. The smallest absolute Gasteiger partial charge is 0.305 e. The average Bonchev–Trinajstić information content (AvgIpc) is 2.25. The standard InChI is InChI=1S/C12H17NO3/c1-13(2)10(8-12(14)15)9-6-4-5-7-11(9)16-3/h4-7,10H,8H2,1-3H3,(H,14,15). The van der Waals surface area contributed by atoms with E-state index in [0.717, 1.165) is 11.3 Å². The van der Waals surface area contributed by atoms with Crippen LogP contribution in [0.15, 0.2) is 24.3 Å². The second kappa shape index (κ2) is 5.51. The van der Waals surface area contributed by atoms with Crippen molar-refractivity contribution in [2.75, 3.05) is 21.2 Å². The molecule has 1 rings (SSSR count). The van der Waals surface area contributed by atoms with Crippen molar-refractivity contribution in [1.29, 1.82) is 0 Å². The average molecular weight is 223 g/mol. The summed E-state index contributed by atoms with van der Waals surface area (Å²) in [6, 6.07) is 7.32. The van der Waals surface area contributed by atoms with Crippen LogP contribution in [0.2, 0.25) is 0 Å². The van der Waals surface area contributed by atoms with Crippen molar-refractivity contribution in [1.82, 2.24) is 4.90 Å². The Kier molecular flexibility index (Phi) is 4.31. The van der Waals surface area contributed by atoms with Gasteiger partial charge in [-0.1, -0.05) is 18.2 Å². The summed E-state index contributed by atoms with van der Waals surface area (Å²) in [5.41, 5.74) is 0.900. The number of ether oxygens (including phenoxy) is 1. The van der Waals surface area contributed by atoms with Crippen LogP contribution in [0.3, 0.4) is 0 Å². The highest BCUT2D eigenvalue weighted by atomic mass is 16.5. The topological polar surface area (TPSA) is 49.8 Å². The highest BCUT2D eigenvalue weighted by Crippen LogP contribution is 2.30. The highest BCUT2D eigenvalue weighted by molar-refractivity contribution is 5.68. The molecule has 1 N–H and O–H groups in total. The summed E-state index contributed by atoms with van der Waals surface area (Å²) in [6.45, 7) is 0. The summed E-state index contributed by atoms with van der Waals surface area (Å²) < 4.78 is 5.24. The molecular formula is C12H17NO3. The van der Waals surface area contributed by atoms with Crippen LogP contribution < -0.4 is 4.74 Å². The van der Waals surface area contributed by atoms with Gasteiger partial charge in [0.15, 0.2) is 0 Å². The zero-order chi connectivity index (χ0) is 12.1. The fourth-order valence-electron chi connectivity index (χ4n) is 1.68. The zero-order valence-corrected chi connectivity index (χ0v) is 9.80. The molecule has 0 aliphatic heterocycles. The number of carboxylic acids is 1. The molecule has 0 bridgehead atoms. The fraction of sp³-hybridized carbons (Fsp3) is 0.417. The maximum atomic E-state index is 10.8. The number of carbonyl (C=O) groups is 1. The van der Waals surface area contributed by atoms with Crippen LogP contribution >= 0.6 is 0 Å². The molecule has 1 aromatic carbocycles. The van der Waals surface area contributed by atoms with Crippen LogP contribution in [0.4, 0.5) is 0 Å². The lowest BCUT2D eigenvalue weighted by Gasteiger charge is -2.24. The third-order valence-corrected chi connectivity index (χ3v) is 2.49. The van der Waals surface area contributed by atoms with E-state index in [2.05, 4.69) is 0 Å². The highest BCUT2D eigenvalue weighted by Gasteiger charge is 2.20. The van der Waals surface area contributed by atoms with Crippen molar-refractivity contribution in [2.24, 2.45) is 0 Å². The van der Waals surface area contributed by atoms with E-state index in [0.29, 0.717) is 0 Å². The summed E-state index contributed by atoms with van der Waals surface area (Å²) in [7, 11) is 5.31. The van der Waals surface area contributed by atoms with Gasteiger partial charge in [0.2, 0.25) is 0 Å². The Balaban J connectivity index is 3.05. The van der Waals surface area contributed by atoms with E-state index in [1.165, 1.54) is 0 Å². The SMILES string of the molecule is COc1ccccc1C(CC(=O)O)N(C)C. The van der Waals surface area contributed by atoms with Gasteiger partial charge in [-0.3, -0.25) is 4.79 Å². The van der Waals surface area contributed by atoms with Crippen molar-refractivity contribution in [3.05, 3.63) is 29.8 Å². The lowest BCUT2D eigenvalue weighted by molar-refractivity contribution is -0.138. The van der Waals surface area contributed by atoms with Gasteiger partial charge < -0.3 is 14.7 Å². The van der Waals surface area contributed by atoms with E-state index in [1.807, 2.05) is 43.3 Å². The van der Waals surface area contributed by atoms with Crippen LogP contribution in [-0.2, 0) is 4.79 Å². The third-order valence-electron chi connectivity index (χ3n) is 2.49. The van der Waals surface area contributed by atoms with E-state index in [9.17, 15) is 4.79 Å². The maximum absolute atomic E-state index is 10.8. The van der Waals surface area contributed by atoms with Crippen LogP contribution in [0, 0.1) is 0 Å². The molecule has 16 heavy (non-hydrogen) atoms. The Morgan fingerprint density at radius 2 is 2.06 bits per heavy atom. The normalized spacial score (nSPS) is 12.5. The Labute approximate surface area is 95.5 Å². The monoisotopic (exact) mass is 223 g/mol. The number of para-hydroxylation sites is 1. The van der Waals surface area contributed by atoms with E-state index >= 15 is 0 Å². The van der Waals surface area contributed by atoms with E-state index in [4.69, 9.17) is 9.84 Å². The molecule has 0 saturated carbocycles. The Bertz CT molecular complexity index is 363. The van der Waals surface area contributed by atoms with Crippen molar-refractivity contribution >= 4 is 5.97 Å². The first-order chi connectivity index (χ1) is 7.56. The van der Waals surface area contributed by atoms with Gasteiger partial charge in [-0.15, -0.1) is 0 Å². The number of benzene rings is 1. The number of rotatable bonds is 5. The summed E-state index contributed by atoms with van der Waals surface area (Å²) >= 11 is 0. The molecule has 1 aromatic rings. The largest absolute Gasteiger partial charge is 0.496 e. The molecule has 0 amide bonds. The molecule has 1 unspecified atom stereocenters. The molecule has 88 valence electrons. The number of aliphatic carboxylic acids is 1. The molecule has 0 aromatic heterocycles. The molecule has 0 aliphatic rings. The number of methoxy groups -OCH3 is 1. The molecule has 1 atom stereocenters. The fourth-order valence-corrected chi connectivity index (χ4v) is 1.68. The molecule has 0 spiro atoms. The van der Waals surface area contributed by atoms with Gasteiger partial charge in [0, 0.05) is 11.6 Å². The van der Waals surface area contributed by atoms with Crippen molar-refractivity contribution < 1.29 is 14.6 Å². The molecule has 0 saturated heterocycles. The van der Waals surface area contributed by atoms with Crippen molar-refractivity contribution in [3.63, 3.8) is 0 Å². The molecule has 4 nitrogen and oxygen atoms in total. The van der Waals surface area contributed by atoms with Crippen molar-refractivity contribution in [2.45, 2.75) is 12.5 Å². The molecule has 0 fully saturated rings. The number of hydrogen-bond donors (Lipinski definition) is 1. The molecule has 4 heteroatoms. The lowest BCUT2D eigenvalue weighted by Crippen LogP contribution is -2.23. The van der Waals surface area contributed by atoms with Gasteiger partial charge in [-0.2, -0.15) is 0 Å². The first-order valence-corrected chi connectivity index (χ1v) is 5.07. The van der Waals surface area contributed by atoms with E-state index in [-0.39, 0.29) is 12.5 Å². The first-order valence-electron chi connectivity index (χ1n) is 5.07. The van der Waals surface area contributed by atoms with E-state index in [1.54, 1.807) is 7.11 Å². The predicted molar refractivity (Wildman–Crippen MR) is 61.7 cm³/mol. The van der Waals surface area contributed by atoms with Gasteiger partial charge in [0.25, 0.3) is 0 Å². The predicted octanol–water partition coefficient (Wildman–Crippen LogP) is 1.77. The molecule has 0 heterocycles. The lowest BCUT2D eigenvalue weighted by atomic mass is 10.0. The van der Waals surface area contributed by atoms with Gasteiger partial charge in [-0.25, -0.2) is 0 Å². The van der Waals surface area contributed by atoms with Gasteiger partial charge >= 0.3 is 5.97 Å². The summed E-state index contributed by atoms with van der Waals surface area (Å²) in [6.07, 6.45) is 0.0629. The van der Waals surface area contributed by atoms with Crippen molar-refractivity contribution in [3.8, 4) is 5.75 Å². The molecular weight excluding hydrogens is 206 g/mol. The Morgan fingerprint density at radius 1 is 1.44 bits per heavy atom. The van der Waals surface area contributed by atoms with Crippen LogP contribution in [0.1, 0.15) is 18.0 Å². The summed E-state index contributed by atoms with van der Waals surface area (Å²) in [5, 5.41) is 8.89. The zero-order valence-electron chi connectivity index (χ0n) is 9.80. The summed E-state index contributed by atoms with van der Waals surface area (Å²) in [4.78, 5) is 12.7. The quantitative estimate of drug-likeness (QED) is 0.826. The minimum atomic E-state index is -0.815. The van der Waals surface area contributed by atoms with Crippen LogP contribution in [-0.4, -0.2) is 37.2 Å². The number of carboxylic acid groups (broad SMARTS) is 1. The molecule has 0 aliphatic carbocycles. The van der Waals surface area contributed by atoms with Gasteiger partial charge in [0.05, 0.1) is 13.5 Å². The molecule has 0 radical (unpaired) electrons. The Morgan fingerprint density at radius 3 is 2.56 bits per heavy atom. The second-order valence-corrected chi connectivity index (χ2v) is 3.82. The first kappa shape index (κ1) is 12.5. The van der Waals surface area contributed by atoms with E-state index < -0.39 is 5.97 Å².